The fraction of sp³-hybridized carbons (Fsp3) is 0.143. The molecule has 29 heavy (non-hydrogen) atoms. The lowest BCUT2D eigenvalue weighted by Crippen LogP contribution is -2.14. The number of aromatic nitrogens is 4. The van der Waals surface area contributed by atoms with E-state index in [-0.39, 0.29) is 11.6 Å². The Bertz CT molecular complexity index is 1140. The van der Waals surface area contributed by atoms with Crippen molar-refractivity contribution >= 4 is 28.6 Å². The molecule has 146 valence electrons. The van der Waals surface area contributed by atoms with E-state index in [9.17, 15) is 4.79 Å². The third kappa shape index (κ3) is 4.49. The Morgan fingerprint density at radius 2 is 2.00 bits per heavy atom. The molecule has 0 radical (unpaired) electrons. The molecule has 7 nitrogen and oxygen atoms in total. The Morgan fingerprint density at radius 3 is 2.76 bits per heavy atom. The minimum absolute atomic E-state index is 0.241. The minimum Gasteiger partial charge on any atom is -0.397 e. The summed E-state index contributed by atoms with van der Waals surface area (Å²) in [6, 6.07) is 15.5. The second-order valence-corrected chi connectivity index (χ2v) is 7.56. The molecule has 0 spiro atoms. The maximum absolute atomic E-state index is 12.6. The first-order valence-electron chi connectivity index (χ1n) is 9.16. The van der Waals surface area contributed by atoms with E-state index in [4.69, 9.17) is 5.73 Å². The van der Waals surface area contributed by atoms with Gasteiger partial charge in [-0.05, 0) is 30.2 Å². The zero-order valence-corrected chi connectivity index (χ0v) is 16.7. The van der Waals surface area contributed by atoms with Gasteiger partial charge in [0.25, 0.3) is 5.91 Å². The second kappa shape index (κ2) is 8.24. The minimum atomic E-state index is -0.349. The molecule has 2 aromatic carbocycles. The van der Waals surface area contributed by atoms with Gasteiger partial charge in [0.05, 0.1) is 22.6 Å². The number of thiazole rings is 1. The number of hydrogen-bond donors (Lipinski definition) is 2. The number of carbonyl (C=O) groups is 1. The van der Waals surface area contributed by atoms with E-state index in [0.29, 0.717) is 17.9 Å². The number of rotatable bonds is 6. The van der Waals surface area contributed by atoms with Crippen LogP contribution in [0.25, 0.3) is 11.1 Å². The molecule has 0 atom stereocenters. The van der Waals surface area contributed by atoms with Crippen molar-refractivity contribution in [1.82, 2.24) is 20.0 Å². The monoisotopic (exact) mass is 404 g/mol. The number of aryl methyl sites for hydroxylation is 3. The number of nitrogen functional groups attached to an aromatic ring is 1. The smallest absolute Gasteiger partial charge is 0.277 e. The van der Waals surface area contributed by atoms with Crippen molar-refractivity contribution in [2.45, 2.75) is 19.9 Å². The third-order valence-corrected chi connectivity index (χ3v) is 5.43. The summed E-state index contributed by atoms with van der Waals surface area (Å²) in [4.78, 5) is 17.0. The van der Waals surface area contributed by atoms with E-state index in [1.165, 1.54) is 0 Å². The van der Waals surface area contributed by atoms with Crippen LogP contribution in [-0.2, 0) is 13.0 Å². The van der Waals surface area contributed by atoms with Crippen molar-refractivity contribution in [2.24, 2.45) is 0 Å². The molecule has 8 heteroatoms. The summed E-state index contributed by atoms with van der Waals surface area (Å²) in [6.07, 6.45) is 2.38. The van der Waals surface area contributed by atoms with Gasteiger partial charge in [-0.2, -0.15) is 0 Å². The van der Waals surface area contributed by atoms with E-state index in [0.717, 1.165) is 28.2 Å². The van der Waals surface area contributed by atoms with Crippen molar-refractivity contribution in [3.63, 3.8) is 0 Å². The first-order chi connectivity index (χ1) is 14.1. The van der Waals surface area contributed by atoms with Gasteiger partial charge < -0.3 is 11.1 Å². The molecule has 3 N–H and O–H groups in total. The molecule has 1 amide bonds. The van der Waals surface area contributed by atoms with Gasteiger partial charge in [-0.15, -0.1) is 16.4 Å². The number of nitrogens with two attached hydrogens (primary N) is 1. The van der Waals surface area contributed by atoms with Crippen LogP contribution in [0.2, 0.25) is 0 Å². The molecule has 0 saturated heterocycles. The number of amides is 1. The Hall–Kier alpha value is -3.52. The summed E-state index contributed by atoms with van der Waals surface area (Å²) < 4.78 is 1.65. The fourth-order valence-electron chi connectivity index (χ4n) is 2.90. The molecule has 0 fully saturated rings. The van der Waals surface area contributed by atoms with Crippen molar-refractivity contribution in [3.05, 3.63) is 76.5 Å². The van der Waals surface area contributed by atoms with Crippen molar-refractivity contribution in [1.29, 1.82) is 0 Å². The first-order valence-corrected chi connectivity index (χ1v) is 10.0. The lowest BCUT2D eigenvalue weighted by atomic mass is 10.0. The molecular formula is C21H20N6OS. The van der Waals surface area contributed by atoms with Crippen molar-refractivity contribution < 1.29 is 4.79 Å². The summed E-state index contributed by atoms with van der Waals surface area (Å²) >= 11 is 1.62. The summed E-state index contributed by atoms with van der Waals surface area (Å²) in [5.74, 6) is -0.349. The molecule has 0 unspecified atom stereocenters. The predicted molar refractivity (Wildman–Crippen MR) is 115 cm³/mol. The highest BCUT2D eigenvalue weighted by atomic mass is 32.1. The van der Waals surface area contributed by atoms with Crippen molar-refractivity contribution in [3.8, 4) is 11.1 Å². The molecule has 0 bridgehead atoms. The topological polar surface area (TPSA) is 98.7 Å². The van der Waals surface area contributed by atoms with Crippen LogP contribution in [-0.4, -0.2) is 25.9 Å². The number of anilines is 2. The Morgan fingerprint density at radius 1 is 1.17 bits per heavy atom. The first kappa shape index (κ1) is 18.8. The summed E-state index contributed by atoms with van der Waals surface area (Å²) in [7, 11) is 0. The molecule has 0 saturated carbocycles. The normalized spacial score (nSPS) is 10.8. The van der Waals surface area contributed by atoms with Crippen LogP contribution in [0.15, 0.2) is 60.1 Å². The number of nitrogens with one attached hydrogen (secondary N) is 1. The van der Waals surface area contributed by atoms with Crippen LogP contribution in [0, 0.1) is 6.92 Å². The average molecular weight is 404 g/mol. The molecule has 2 heterocycles. The highest BCUT2D eigenvalue weighted by molar-refractivity contribution is 7.09. The Kier molecular flexibility index (Phi) is 5.35. The van der Waals surface area contributed by atoms with Gasteiger partial charge >= 0.3 is 0 Å². The van der Waals surface area contributed by atoms with Gasteiger partial charge in [0.15, 0.2) is 5.69 Å². The van der Waals surface area contributed by atoms with Gasteiger partial charge in [-0.3, -0.25) is 9.48 Å². The highest BCUT2D eigenvalue weighted by Crippen LogP contribution is 2.27. The van der Waals surface area contributed by atoms with E-state index < -0.39 is 0 Å². The van der Waals surface area contributed by atoms with E-state index in [1.807, 2.05) is 54.8 Å². The number of benzene rings is 2. The van der Waals surface area contributed by atoms with Gasteiger partial charge in [0.1, 0.15) is 0 Å². The third-order valence-electron chi connectivity index (χ3n) is 4.40. The Balaban J connectivity index is 1.45. The molecule has 2 aromatic heterocycles. The van der Waals surface area contributed by atoms with Crippen LogP contribution in [0.1, 0.15) is 21.2 Å². The lowest BCUT2D eigenvalue weighted by molar-refractivity contribution is 0.102. The molecule has 0 aliphatic rings. The van der Waals surface area contributed by atoms with Crippen LogP contribution >= 0.6 is 11.3 Å². The summed E-state index contributed by atoms with van der Waals surface area (Å²) in [6.45, 7) is 2.58. The molecule has 0 aliphatic carbocycles. The zero-order valence-electron chi connectivity index (χ0n) is 15.9. The average Bonchev–Trinajstić information content (AvgIpc) is 3.37. The standard InChI is InChI=1S/C21H20N6OS/c1-14-13-29-20(23-14)9-10-27-12-19(25-26-27)21(28)24-18-11-16(7-8-17(18)22)15-5-3-2-4-6-15/h2-8,11-13H,9-10,22H2,1H3,(H,24,28). The van der Waals surface area contributed by atoms with Crippen LogP contribution in [0.4, 0.5) is 11.4 Å². The summed E-state index contributed by atoms with van der Waals surface area (Å²) in [5, 5.41) is 13.9. The second-order valence-electron chi connectivity index (χ2n) is 6.62. The van der Waals surface area contributed by atoms with Gasteiger partial charge in [0.2, 0.25) is 0 Å². The molecular weight excluding hydrogens is 384 g/mol. The summed E-state index contributed by atoms with van der Waals surface area (Å²) in [5.41, 5.74) is 10.4. The van der Waals surface area contributed by atoms with Crippen molar-refractivity contribution in [2.75, 3.05) is 11.1 Å². The fourth-order valence-corrected chi connectivity index (χ4v) is 3.67. The van der Waals surface area contributed by atoms with E-state index >= 15 is 0 Å². The van der Waals surface area contributed by atoms with E-state index in [1.54, 1.807) is 28.3 Å². The zero-order chi connectivity index (χ0) is 20.2. The largest absolute Gasteiger partial charge is 0.397 e. The quantitative estimate of drug-likeness (QED) is 0.477. The molecule has 4 aromatic rings. The number of hydrogen-bond acceptors (Lipinski definition) is 6. The van der Waals surface area contributed by atoms with Gasteiger partial charge in [-0.1, -0.05) is 41.6 Å². The highest BCUT2D eigenvalue weighted by Gasteiger charge is 2.13. The maximum atomic E-state index is 12.6. The van der Waals surface area contributed by atoms with Crippen LogP contribution in [0.3, 0.4) is 0 Å². The number of nitrogens with zero attached hydrogens (tertiary/aromatic N) is 4. The van der Waals surface area contributed by atoms with Gasteiger partial charge in [0, 0.05) is 24.0 Å². The van der Waals surface area contributed by atoms with Crippen LogP contribution < -0.4 is 11.1 Å². The van der Waals surface area contributed by atoms with Gasteiger partial charge in [-0.25, -0.2) is 4.98 Å². The SMILES string of the molecule is Cc1csc(CCn2cc(C(=O)Nc3cc(-c4ccccc4)ccc3N)nn2)n1. The predicted octanol–water partition coefficient (Wildman–Crippen LogP) is 3.79. The molecule has 4 rings (SSSR count). The number of carbonyl (C=O) groups excluding carboxylic acids is 1. The van der Waals surface area contributed by atoms with Crippen LogP contribution in [0.5, 0.6) is 0 Å². The maximum Gasteiger partial charge on any atom is 0.277 e. The van der Waals surface area contributed by atoms with E-state index in [2.05, 4.69) is 20.6 Å². The Labute approximate surface area is 172 Å². The lowest BCUT2D eigenvalue weighted by Gasteiger charge is -2.09. The molecule has 0 aliphatic heterocycles.